The molecule has 1 heterocycles. The van der Waals surface area contributed by atoms with Gasteiger partial charge in [0, 0.05) is 26.2 Å². The van der Waals surface area contributed by atoms with E-state index in [0.29, 0.717) is 17.6 Å². The molecule has 0 saturated carbocycles. The zero-order valence-corrected chi connectivity index (χ0v) is 18.6. The molecule has 1 aliphatic rings. The number of benzene rings is 2. The Balaban J connectivity index is 1.55. The van der Waals surface area contributed by atoms with Gasteiger partial charge in [0.2, 0.25) is 0 Å². The number of nitrogens with two attached hydrogens (primary N) is 1. The number of carbonyl (C=O) groups is 1. The van der Waals surface area contributed by atoms with Gasteiger partial charge in [-0.3, -0.25) is 9.79 Å². The Morgan fingerprint density at radius 3 is 2.58 bits per heavy atom. The molecule has 31 heavy (non-hydrogen) atoms. The second kappa shape index (κ2) is 11.4. The molecule has 166 valence electrons. The number of amides is 1. The fourth-order valence-electron chi connectivity index (χ4n) is 4.16. The molecular formula is C25H34N4O2. The SMILES string of the molecule is CCNC(=NCCc1ccc(OCC(N)=O)cc1)N1CCC(c2ccccc2)C(C)C1. The maximum absolute atomic E-state index is 10.8. The van der Waals surface area contributed by atoms with Crippen LogP contribution in [0.5, 0.6) is 5.75 Å². The van der Waals surface area contributed by atoms with Crippen molar-refractivity contribution in [2.75, 3.05) is 32.8 Å². The van der Waals surface area contributed by atoms with E-state index in [1.807, 2.05) is 24.3 Å². The van der Waals surface area contributed by atoms with Crippen LogP contribution in [0.25, 0.3) is 0 Å². The van der Waals surface area contributed by atoms with E-state index in [4.69, 9.17) is 15.5 Å². The molecule has 1 aliphatic heterocycles. The van der Waals surface area contributed by atoms with Crippen LogP contribution in [0.4, 0.5) is 0 Å². The predicted octanol–water partition coefficient (Wildman–Crippen LogP) is 3.18. The van der Waals surface area contributed by atoms with Crippen LogP contribution in [0, 0.1) is 5.92 Å². The fraction of sp³-hybridized carbons (Fsp3) is 0.440. The first-order valence-corrected chi connectivity index (χ1v) is 11.1. The van der Waals surface area contributed by atoms with Gasteiger partial charge >= 0.3 is 0 Å². The topological polar surface area (TPSA) is 80.0 Å². The van der Waals surface area contributed by atoms with Gasteiger partial charge in [-0.05, 0) is 54.9 Å². The standard InChI is InChI=1S/C25H34N4O2/c1-3-27-25(28-15-13-20-9-11-22(12-10-20)31-18-24(26)30)29-16-14-23(19(2)17-29)21-7-5-4-6-8-21/h4-12,19,23H,3,13-18H2,1-2H3,(H2,26,30)(H,27,28). The van der Waals surface area contributed by atoms with Crippen molar-refractivity contribution in [1.82, 2.24) is 10.2 Å². The number of ether oxygens (including phenoxy) is 1. The van der Waals surface area contributed by atoms with Crippen molar-refractivity contribution in [2.24, 2.45) is 16.6 Å². The highest BCUT2D eigenvalue weighted by Gasteiger charge is 2.28. The molecule has 0 aromatic heterocycles. The highest BCUT2D eigenvalue weighted by molar-refractivity contribution is 5.80. The van der Waals surface area contributed by atoms with E-state index >= 15 is 0 Å². The summed E-state index contributed by atoms with van der Waals surface area (Å²) < 4.78 is 5.31. The van der Waals surface area contributed by atoms with E-state index in [1.54, 1.807) is 0 Å². The summed E-state index contributed by atoms with van der Waals surface area (Å²) in [7, 11) is 0. The Morgan fingerprint density at radius 1 is 1.19 bits per heavy atom. The van der Waals surface area contributed by atoms with E-state index in [9.17, 15) is 4.79 Å². The quantitative estimate of drug-likeness (QED) is 0.506. The molecule has 0 radical (unpaired) electrons. The number of likely N-dealkylation sites (tertiary alicyclic amines) is 1. The predicted molar refractivity (Wildman–Crippen MR) is 125 cm³/mol. The van der Waals surface area contributed by atoms with Crippen LogP contribution in [0.3, 0.4) is 0 Å². The van der Waals surface area contributed by atoms with Crippen LogP contribution in [0.2, 0.25) is 0 Å². The first-order chi connectivity index (χ1) is 15.1. The van der Waals surface area contributed by atoms with E-state index in [2.05, 4.69) is 54.4 Å². The Labute approximate surface area is 185 Å². The molecule has 6 nitrogen and oxygen atoms in total. The first-order valence-electron chi connectivity index (χ1n) is 11.1. The van der Waals surface area contributed by atoms with E-state index in [-0.39, 0.29) is 6.61 Å². The van der Waals surface area contributed by atoms with Crippen LogP contribution in [-0.4, -0.2) is 49.6 Å². The van der Waals surface area contributed by atoms with Crippen LogP contribution < -0.4 is 15.8 Å². The minimum absolute atomic E-state index is 0.102. The number of rotatable bonds is 8. The highest BCUT2D eigenvalue weighted by atomic mass is 16.5. The maximum atomic E-state index is 10.8. The van der Waals surface area contributed by atoms with Gasteiger partial charge in [-0.15, -0.1) is 0 Å². The van der Waals surface area contributed by atoms with Crippen LogP contribution in [0.1, 0.15) is 37.3 Å². The Bertz CT molecular complexity index is 852. The van der Waals surface area contributed by atoms with Gasteiger partial charge < -0.3 is 20.7 Å². The lowest BCUT2D eigenvalue weighted by molar-refractivity contribution is -0.119. The van der Waals surface area contributed by atoms with Crippen LogP contribution in [0.15, 0.2) is 59.6 Å². The number of hydrogen-bond acceptors (Lipinski definition) is 3. The van der Waals surface area contributed by atoms with Crippen molar-refractivity contribution in [2.45, 2.75) is 32.6 Å². The molecule has 1 amide bonds. The summed E-state index contributed by atoms with van der Waals surface area (Å²) in [6.07, 6.45) is 1.99. The minimum Gasteiger partial charge on any atom is -0.484 e. The molecule has 2 unspecified atom stereocenters. The summed E-state index contributed by atoms with van der Waals surface area (Å²) in [5.41, 5.74) is 7.73. The normalized spacial score (nSPS) is 19.2. The molecule has 2 aromatic rings. The third-order valence-electron chi connectivity index (χ3n) is 5.73. The van der Waals surface area contributed by atoms with Crippen molar-refractivity contribution in [3.05, 3.63) is 65.7 Å². The van der Waals surface area contributed by atoms with Gasteiger partial charge in [0.15, 0.2) is 12.6 Å². The second-order valence-corrected chi connectivity index (χ2v) is 8.11. The lowest BCUT2D eigenvalue weighted by Gasteiger charge is -2.39. The van der Waals surface area contributed by atoms with Crippen molar-refractivity contribution >= 4 is 11.9 Å². The molecule has 0 spiro atoms. The zero-order valence-electron chi connectivity index (χ0n) is 18.6. The van der Waals surface area contributed by atoms with Gasteiger partial charge in [0.25, 0.3) is 5.91 Å². The highest BCUT2D eigenvalue weighted by Crippen LogP contribution is 2.32. The third-order valence-corrected chi connectivity index (χ3v) is 5.73. The van der Waals surface area contributed by atoms with Gasteiger partial charge in [0.1, 0.15) is 5.75 Å². The molecule has 3 rings (SSSR count). The number of primary amides is 1. The van der Waals surface area contributed by atoms with Crippen molar-refractivity contribution in [3.63, 3.8) is 0 Å². The van der Waals surface area contributed by atoms with E-state index in [1.165, 1.54) is 11.1 Å². The second-order valence-electron chi connectivity index (χ2n) is 8.11. The molecule has 1 saturated heterocycles. The summed E-state index contributed by atoms with van der Waals surface area (Å²) in [5, 5.41) is 3.46. The average Bonchev–Trinajstić information content (AvgIpc) is 2.78. The lowest BCUT2D eigenvalue weighted by Crippen LogP contribution is -2.48. The van der Waals surface area contributed by atoms with Gasteiger partial charge in [-0.2, -0.15) is 0 Å². The smallest absolute Gasteiger partial charge is 0.255 e. The number of nitrogens with one attached hydrogen (secondary N) is 1. The van der Waals surface area contributed by atoms with Gasteiger partial charge in [0.05, 0.1) is 0 Å². The molecule has 1 fully saturated rings. The van der Waals surface area contributed by atoms with Crippen LogP contribution >= 0.6 is 0 Å². The molecule has 3 N–H and O–H groups in total. The molecule has 0 aliphatic carbocycles. The number of hydrogen-bond donors (Lipinski definition) is 2. The Morgan fingerprint density at radius 2 is 1.94 bits per heavy atom. The molecule has 2 aromatic carbocycles. The van der Waals surface area contributed by atoms with E-state index in [0.717, 1.165) is 45.0 Å². The zero-order chi connectivity index (χ0) is 22.1. The molecule has 2 atom stereocenters. The largest absolute Gasteiger partial charge is 0.484 e. The minimum atomic E-state index is -0.475. The Kier molecular flexibility index (Phi) is 8.33. The van der Waals surface area contributed by atoms with Gasteiger partial charge in [-0.25, -0.2) is 0 Å². The number of carbonyl (C=O) groups excluding carboxylic acids is 1. The fourth-order valence-corrected chi connectivity index (χ4v) is 4.16. The summed E-state index contributed by atoms with van der Waals surface area (Å²) >= 11 is 0. The lowest BCUT2D eigenvalue weighted by atomic mass is 9.82. The number of aliphatic imine (C=N–C) groups is 1. The summed E-state index contributed by atoms with van der Waals surface area (Å²) in [6, 6.07) is 18.6. The summed E-state index contributed by atoms with van der Waals surface area (Å²) in [4.78, 5) is 18.1. The number of nitrogens with zero attached hydrogens (tertiary/aromatic N) is 2. The average molecular weight is 423 g/mol. The summed E-state index contributed by atoms with van der Waals surface area (Å²) in [5.74, 6) is 2.36. The third kappa shape index (κ3) is 6.74. The monoisotopic (exact) mass is 422 g/mol. The molecule has 0 bridgehead atoms. The van der Waals surface area contributed by atoms with Gasteiger partial charge in [-0.1, -0.05) is 49.4 Å². The van der Waals surface area contributed by atoms with Crippen molar-refractivity contribution < 1.29 is 9.53 Å². The Hall–Kier alpha value is -3.02. The summed E-state index contributed by atoms with van der Waals surface area (Å²) in [6.45, 7) is 7.96. The first kappa shape index (κ1) is 22.7. The maximum Gasteiger partial charge on any atom is 0.255 e. The molecule has 6 heteroatoms. The van der Waals surface area contributed by atoms with E-state index < -0.39 is 5.91 Å². The molecular weight excluding hydrogens is 388 g/mol. The van der Waals surface area contributed by atoms with Crippen LogP contribution in [-0.2, 0) is 11.2 Å². The number of guanidine groups is 1. The van der Waals surface area contributed by atoms with Crippen molar-refractivity contribution in [3.8, 4) is 5.75 Å². The van der Waals surface area contributed by atoms with Crippen molar-refractivity contribution in [1.29, 1.82) is 0 Å². The number of piperidine rings is 1.